The van der Waals surface area contributed by atoms with Gasteiger partial charge in [-0.2, -0.15) is 5.26 Å². The molecule has 1 aromatic carbocycles. The standard InChI is InChI=1S/C15H13N5/c16-8-12-7-15(20-10-19-12)17-6-5-11-9-18-14-4-2-1-3-13(11)14/h1-4,7,9-10,18H,5-6H2,(H,17,19,20). The average molecular weight is 263 g/mol. The average Bonchev–Trinajstić information content (AvgIpc) is 2.91. The van der Waals surface area contributed by atoms with Crippen LogP contribution < -0.4 is 5.32 Å². The molecule has 0 saturated carbocycles. The Morgan fingerprint density at radius 1 is 1.25 bits per heavy atom. The molecule has 2 heterocycles. The minimum Gasteiger partial charge on any atom is -0.370 e. The largest absolute Gasteiger partial charge is 0.370 e. The lowest BCUT2D eigenvalue weighted by Crippen LogP contribution is -2.06. The van der Waals surface area contributed by atoms with Crippen LogP contribution in [-0.2, 0) is 6.42 Å². The molecule has 0 unspecified atom stereocenters. The van der Waals surface area contributed by atoms with Gasteiger partial charge < -0.3 is 10.3 Å². The van der Waals surface area contributed by atoms with Gasteiger partial charge in [0.1, 0.15) is 23.9 Å². The Labute approximate surface area is 116 Å². The first-order chi connectivity index (χ1) is 9.86. The molecule has 0 amide bonds. The number of H-pyrrole nitrogens is 1. The first-order valence-electron chi connectivity index (χ1n) is 6.38. The van der Waals surface area contributed by atoms with E-state index < -0.39 is 0 Å². The predicted molar refractivity (Wildman–Crippen MR) is 77.2 cm³/mol. The van der Waals surface area contributed by atoms with Crippen molar-refractivity contribution in [2.24, 2.45) is 0 Å². The van der Waals surface area contributed by atoms with Crippen LogP contribution in [0.15, 0.2) is 42.9 Å². The van der Waals surface area contributed by atoms with Crippen LogP contribution in [0.5, 0.6) is 0 Å². The Balaban J connectivity index is 1.66. The molecule has 0 radical (unpaired) electrons. The van der Waals surface area contributed by atoms with Crippen LogP contribution in [0.1, 0.15) is 11.3 Å². The molecule has 3 aromatic rings. The van der Waals surface area contributed by atoms with Crippen LogP contribution in [-0.4, -0.2) is 21.5 Å². The maximum atomic E-state index is 8.78. The van der Waals surface area contributed by atoms with E-state index in [2.05, 4.69) is 32.4 Å². The number of benzene rings is 1. The van der Waals surface area contributed by atoms with Gasteiger partial charge in [0.05, 0.1) is 0 Å². The van der Waals surface area contributed by atoms with E-state index in [1.54, 1.807) is 6.07 Å². The van der Waals surface area contributed by atoms with Gasteiger partial charge in [-0.3, -0.25) is 0 Å². The molecule has 2 aromatic heterocycles. The van der Waals surface area contributed by atoms with Crippen LogP contribution in [0.4, 0.5) is 5.82 Å². The summed E-state index contributed by atoms with van der Waals surface area (Å²) in [6.07, 6.45) is 4.31. The lowest BCUT2D eigenvalue weighted by Gasteiger charge is -2.04. The van der Waals surface area contributed by atoms with Crippen molar-refractivity contribution < 1.29 is 0 Å². The number of aromatic nitrogens is 3. The SMILES string of the molecule is N#Cc1cc(NCCc2c[nH]c3ccccc23)ncn1. The zero-order chi connectivity index (χ0) is 13.8. The fourth-order valence-electron chi connectivity index (χ4n) is 2.18. The quantitative estimate of drug-likeness (QED) is 0.758. The smallest absolute Gasteiger partial charge is 0.145 e. The summed E-state index contributed by atoms with van der Waals surface area (Å²) in [6.45, 7) is 0.754. The molecule has 5 heteroatoms. The first-order valence-corrected chi connectivity index (χ1v) is 6.38. The summed E-state index contributed by atoms with van der Waals surface area (Å²) < 4.78 is 0. The number of para-hydroxylation sites is 1. The number of hydrogen-bond donors (Lipinski definition) is 2. The summed E-state index contributed by atoms with van der Waals surface area (Å²) in [5, 5.41) is 13.2. The van der Waals surface area contributed by atoms with Gasteiger partial charge in [0.25, 0.3) is 0 Å². The van der Waals surface area contributed by atoms with Crippen LogP contribution in [0.2, 0.25) is 0 Å². The van der Waals surface area contributed by atoms with Crippen molar-refractivity contribution in [2.45, 2.75) is 6.42 Å². The second-order valence-corrected chi connectivity index (χ2v) is 4.44. The van der Waals surface area contributed by atoms with Gasteiger partial charge in [-0.25, -0.2) is 9.97 Å². The summed E-state index contributed by atoms with van der Waals surface area (Å²) in [5.41, 5.74) is 2.79. The molecule has 2 N–H and O–H groups in total. The number of nitrogens with zero attached hydrogens (tertiary/aromatic N) is 3. The fraction of sp³-hybridized carbons (Fsp3) is 0.133. The maximum absolute atomic E-state index is 8.78. The van der Waals surface area contributed by atoms with Gasteiger partial charge in [0.15, 0.2) is 0 Å². The molecular formula is C15H13N5. The van der Waals surface area contributed by atoms with Gasteiger partial charge in [0, 0.05) is 29.7 Å². The lowest BCUT2D eigenvalue weighted by molar-refractivity contribution is 1.00. The molecule has 98 valence electrons. The summed E-state index contributed by atoms with van der Waals surface area (Å²) in [7, 11) is 0. The van der Waals surface area contributed by atoms with Crippen molar-refractivity contribution >= 4 is 16.7 Å². The zero-order valence-electron chi connectivity index (χ0n) is 10.8. The molecule has 0 bridgehead atoms. The highest BCUT2D eigenvalue weighted by molar-refractivity contribution is 5.83. The summed E-state index contributed by atoms with van der Waals surface area (Å²) in [5.74, 6) is 0.677. The van der Waals surface area contributed by atoms with E-state index in [0.29, 0.717) is 11.5 Å². The molecule has 0 spiro atoms. The molecule has 5 nitrogen and oxygen atoms in total. The van der Waals surface area contributed by atoms with Crippen LogP contribution in [0.3, 0.4) is 0 Å². The molecule has 0 aliphatic rings. The van der Waals surface area contributed by atoms with E-state index in [4.69, 9.17) is 5.26 Å². The monoisotopic (exact) mass is 263 g/mol. The van der Waals surface area contributed by atoms with E-state index in [9.17, 15) is 0 Å². The molecule has 0 aliphatic carbocycles. The normalized spacial score (nSPS) is 10.3. The van der Waals surface area contributed by atoms with Crippen molar-refractivity contribution in [3.05, 3.63) is 54.1 Å². The number of fused-ring (bicyclic) bond motifs is 1. The van der Waals surface area contributed by atoms with E-state index in [1.807, 2.05) is 24.4 Å². The summed E-state index contributed by atoms with van der Waals surface area (Å²) in [6, 6.07) is 11.9. The molecule has 3 rings (SSSR count). The van der Waals surface area contributed by atoms with Crippen LogP contribution in [0, 0.1) is 11.3 Å². The van der Waals surface area contributed by atoms with Gasteiger partial charge in [-0.15, -0.1) is 0 Å². The zero-order valence-corrected chi connectivity index (χ0v) is 10.8. The van der Waals surface area contributed by atoms with Crippen molar-refractivity contribution in [1.82, 2.24) is 15.0 Å². The predicted octanol–water partition coefficient (Wildman–Crippen LogP) is 2.48. The van der Waals surface area contributed by atoms with Crippen molar-refractivity contribution in [2.75, 3.05) is 11.9 Å². The minimum absolute atomic E-state index is 0.370. The first kappa shape index (κ1) is 12.2. The number of anilines is 1. The Bertz CT molecular complexity index is 769. The van der Waals surface area contributed by atoms with Gasteiger partial charge in [-0.05, 0) is 18.1 Å². The second-order valence-electron chi connectivity index (χ2n) is 4.44. The molecule has 0 aliphatic heterocycles. The third kappa shape index (κ3) is 2.45. The Morgan fingerprint density at radius 2 is 2.15 bits per heavy atom. The van der Waals surface area contributed by atoms with E-state index >= 15 is 0 Å². The summed E-state index contributed by atoms with van der Waals surface area (Å²) in [4.78, 5) is 11.2. The highest BCUT2D eigenvalue weighted by Crippen LogP contribution is 2.18. The molecule has 0 fully saturated rings. The van der Waals surface area contributed by atoms with Crippen molar-refractivity contribution in [3.8, 4) is 6.07 Å². The van der Waals surface area contributed by atoms with Crippen LogP contribution >= 0.6 is 0 Å². The van der Waals surface area contributed by atoms with Gasteiger partial charge >= 0.3 is 0 Å². The molecule has 0 atom stereocenters. The third-order valence-corrected chi connectivity index (χ3v) is 3.16. The maximum Gasteiger partial charge on any atom is 0.145 e. The third-order valence-electron chi connectivity index (χ3n) is 3.16. The van der Waals surface area contributed by atoms with E-state index in [0.717, 1.165) is 18.5 Å². The number of nitriles is 1. The molecular weight excluding hydrogens is 250 g/mol. The highest BCUT2D eigenvalue weighted by atomic mass is 15.0. The molecule has 0 saturated heterocycles. The van der Waals surface area contributed by atoms with E-state index in [1.165, 1.54) is 17.3 Å². The molecule has 20 heavy (non-hydrogen) atoms. The number of aromatic amines is 1. The van der Waals surface area contributed by atoms with E-state index in [-0.39, 0.29) is 0 Å². The highest BCUT2D eigenvalue weighted by Gasteiger charge is 2.03. The van der Waals surface area contributed by atoms with Crippen molar-refractivity contribution in [1.29, 1.82) is 5.26 Å². The number of nitrogens with one attached hydrogen (secondary N) is 2. The lowest BCUT2D eigenvalue weighted by atomic mass is 10.1. The number of rotatable bonds is 4. The minimum atomic E-state index is 0.370. The number of hydrogen-bond acceptors (Lipinski definition) is 4. The summed E-state index contributed by atoms with van der Waals surface area (Å²) >= 11 is 0. The topological polar surface area (TPSA) is 77.4 Å². The Hall–Kier alpha value is -2.87. The second kappa shape index (κ2) is 5.41. The Morgan fingerprint density at radius 3 is 3.05 bits per heavy atom. The van der Waals surface area contributed by atoms with Gasteiger partial charge in [-0.1, -0.05) is 18.2 Å². The fourth-order valence-corrected chi connectivity index (χ4v) is 2.18. The van der Waals surface area contributed by atoms with Crippen molar-refractivity contribution in [3.63, 3.8) is 0 Å². The van der Waals surface area contributed by atoms with Gasteiger partial charge in [0.2, 0.25) is 0 Å². The Kier molecular flexibility index (Phi) is 3.29. The van der Waals surface area contributed by atoms with Crippen LogP contribution in [0.25, 0.3) is 10.9 Å².